The highest BCUT2D eigenvalue weighted by atomic mass is 32.1. The molecular formula is C16H15FN2O2S. The minimum atomic E-state index is -0.451. The number of carbonyl (C=O) groups excluding carboxylic acids is 1. The topological polar surface area (TPSA) is 51.2 Å². The lowest BCUT2D eigenvalue weighted by molar-refractivity contribution is -0.111. The third-order valence-electron chi connectivity index (χ3n) is 2.73. The molecule has 114 valence electrons. The van der Waals surface area contributed by atoms with E-state index in [0.717, 1.165) is 0 Å². The van der Waals surface area contributed by atoms with Crippen LogP contribution in [0.2, 0.25) is 0 Å². The third-order valence-corrected chi connectivity index (χ3v) is 3.49. The summed E-state index contributed by atoms with van der Waals surface area (Å²) in [6.07, 6.45) is 6.63. The van der Waals surface area contributed by atoms with Crippen molar-refractivity contribution in [2.24, 2.45) is 0 Å². The van der Waals surface area contributed by atoms with Gasteiger partial charge in [-0.25, -0.2) is 9.37 Å². The second-order valence-corrected chi connectivity index (χ2v) is 5.12. The van der Waals surface area contributed by atoms with Crippen LogP contribution in [-0.2, 0) is 4.79 Å². The van der Waals surface area contributed by atoms with Gasteiger partial charge in [-0.3, -0.25) is 10.1 Å². The highest BCUT2D eigenvalue weighted by molar-refractivity contribution is 7.14. The zero-order valence-electron chi connectivity index (χ0n) is 12.2. The van der Waals surface area contributed by atoms with Gasteiger partial charge in [-0.05, 0) is 25.1 Å². The molecule has 22 heavy (non-hydrogen) atoms. The fourth-order valence-corrected chi connectivity index (χ4v) is 2.41. The number of methoxy groups -OCH3 is 1. The summed E-state index contributed by atoms with van der Waals surface area (Å²) in [6, 6.07) is 4.61. The first-order valence-electron chi connectivity index (χ1n) is 6.54. The smallest absolute Gasteiger partial charge is 0.250 e. The molecule has 0 aliphatic heterocycles. The van der Waals surface area contributed by atoms with Crippen LogP contribution in [0.25, 0.3) is 11.3 Å². The summed E-state index contributed by atoms with van der Waals surface area (Å²) >= 11 is 1.28. The van der Waals surface area contributed by atoms with E-state index in [4.69, 9.17) is 4.74 Å². The van der Waals surface area contributed by atoms with Gasteiger partial charge in [0.2, 0.25) is 5.91 Å². The van der Waals surface area contributed by atoms with Gasteiger partial charge >= 0.3 is 0 Å². The normalized spacial score (nSPS) is 11.2. The number of ether oxygens (including phenoxy) is 1. The summed E-state index contributed by atoms with van der Waals surface area (Å²) in [5.41, 5.74) is 1.22. The fourth-order valence-electron chi connectivity index (χ4n) is 1.69. The zero-order valence-corrected chi connectivity index (χ0v) is 13.0. The molecule has 1 N–H and O–H groups in total. The minimum absolute atomic E-state index is 0.182. The molecule has 1 aromatic carbocycles. The maximum absolute atomic E-state index is 13.7. The Kier molecular flexibility index (Phi) is 5.43. The van der Waals surface area contributed by atoms with E-state index in [1.165, 1.54) is 30.6 Å². The number of nitrogens with zero attached hydrogens (tertiary/aromatic N) is 1. The largest absolute Gasteiger partial charge is 0.494 e. The predicted molar refractivity (Wildman–Crippen MR) is 86.6 cm³/mol. The molecule has 0 atom stereocenters. The minimum Gasteiger partial charge on any atom is -0.494 e. The number of benzene rings is 1. The molecule has 4 nitrogen and oxygen atoms in total. The first kappa shape index (κ1) is 15.9. The second kappa shape index (κ2) is 7.51. The molecule has 2 aromatic rings. The zero-order chi connectivity index (χ0) is 15.9. The Bertz CT molecular complexity index is 723. The number of thiazole rings is 1. The van der Waals surface area contributed by atoms with Gasteiger partial charge in [0.05, 0.1) is 12.8 Å². The molecule has 0 radical (unpaired) electrons. The quantitative estimate of drug-likeness (QED) is 0.669. The molecule has 1 amide bonds. The number of aromatic nitrogens is 1. The number of carbonyl (C=O) groups is 1. The van der Waals surface area contributed by atoms with Gasteiger partial charge in [-0.15, -0.1) is 11.3 Å². The van der Waals surface area contributed by atoms with Crippen molar-refractivity contribution < 1.29 is 13.9 Å². The average Bonchev–Trinajstić information content (AvgIpc) is 2.96. The number of amides is 1. The van der Waals surface area contributed by atoms with Crippen LogP contribution in [-0.4, -0.2) is 18.0 Å². The third kappa shape index (κ3) is 4.02. The number of hydrogen-bond acceptors (Lipinski definition) is 4. The highest BCUT2D eigenvalue weighted by Crippen LogP contribution is 2.28. The molecule has 0 saturated carbocycles. The standard InChI is InChI=1S/C16H15FN2O2S/c1-3-4-5-6-15(20)19-16-18-13(10-22-16)11-7-8-14(21-2)12(17)9-11/h3-10H,1-2H3,(H,18,19,20)/b4-3+,6-5+. The van der Waals surface area contributed by atoms with Crippen LogP contribution in [0.4, 0.5) is 9.52 Å². The summed E-state index contributed by atoms with van der Waals surface area (Å²) in [6.45, 7) is 1.86. The van der Waals surface area contributed by atoms with Crippen molar-refractivity contribution in [3.8, 4) is 17.0 Å². The molecule has 0 spiro atoms. The number of hydrogen-bond donors (Lipinski definition) is 1. The number of halogens is 1. The van der Waals surface area contributed by atoms with Crippen molar-refractivity contribution in [1.29, 1.82) is 0 Å². The van der Waals surface area contributed by atoms with Gasteiger partial charge < -0.3 is 4.74 Å². The maximum Gasteiger partial charge on any atom is 0.250 e. The van der Waals surface area contributed by atoms with E-state index in [9.17, 15) is 9.18 Å². The van der Waals surface area contributed by atoms with E-state index in [1.807, 2.05) is 13.0 Å². The van der Waals surface area contributed by atoms with Gasteiger partial charge in [-0.1, -0.05) is 18.2 Å². The Hall–Kier alpha value is -2.47. The molecule has 0 unspecified atom stereocenters. The molecule has 1 heterocycles. The Labute approximate surface area is 132 Å². The molecular weight excluding hydrogens is 303 g/mol. The fraction of sp³-hybridized carbons (Fsp3) is 0.125. The molecule has 0 bridgehead atoms. The van der Waals surface area contributed by atoms with Crippen molar-refractivity contribution in [3.63, 3.8) is 0 Å². The number of rotatable bonds is 5. The van der Waals surface area contributed by atoms with Crippen molar-refractivity contribution in [3.05, 3.63) is 53.7 Å². The van der Waals surface area contributed by atoms with Crippen LogP contribution >= 0.6 is 11.3 Å². The Morgan fingerprint density at radius 3 is 2.91 bits per heavy atom. The lowest BCUT2D eigenvalue weighted by Gasteiger charge is -2.03. The van der Waals surface area contributed by atoms with Gasteiger partial charge in [0, 0.05) is 17.0 Å². The van der Waals surface area contributed by atoms with E-state index in [0.29, 0.717) is 16.4 Å². The number of nitrogens with one attached hydrogen (secondary N) is 1. The number of anilines is 1. The summed E-state index contributed by atoms with van der Waals surface area (Å²) < 4.78 is 18.6. The average molecular weight is 318 g/mol. The summed E-state index contributed by atoms with van der Waals surface area (Å²) in [7, 11) is 1.41. The molecule has 1 aromatic heterocycles. The van der Waals surface area contributed by atoms with Gasteiger partial charge in [-0.2, -0.15) is 0 Å². The Balaban J connectivity index is 2.11. The monoisotopic (exact) mass is 318 g/mol. The molecule has 0 aliphatic rings. The van der Waals surface area contributed by atoms with Crippen molar-refractivity contribution in [1.82, 2.24) is 4.98 Å². The Morgan fingerprint density at radius 2 is 2.23 bits per heavy atom. The SMILES string of the molecule is C/C=C/C=C/C(=O)Nc1nc(-c2ccc(OC)c(F)c2)cs1. The molecule has 0 fully saturated rings. The van der Waals surface area contributed by atoms with Crippen LogP contribution in [0.15, 0.2) is 47.9 Å². The Morgan fingerprint density at radius 1 is 1.41 bits per heavy atom. The van der Waals surface area contributed by atoms with E-state index in [1.54, 1.807) is 29.7 Å². The van der Waals surface area contributed by atoms with Gasteiger partial charge in [0.15, 0.2) is 16.7 Å². The van der Waals surface area contributed by atoms with E-state index in [-0.39, 0.29) is 11.7 Å². The summed E-state index contributed by atoms with van der Waals surface area (Å²) in [5.74, 6) is -0.533. The molecule has 2 rings (SSSR count). The van der Waals surface area contributed by atoms with Gasteiger partial charge in [0.1, 0.15) is 0 Å². The van der Waals surface area contributed by atoms with Gasteiger partial charge in [0.25, 0.3) is 0 Å². The summed E-state index contributed by atoms with van der Waals surface area (Å²) in [5, 5.41) is 4.87. The van der Waals surface area contributed by atoms with Crippen molar-refractivity contribution in [2.75, 3.05) is 12.4 Å². The van der Waals surface area contributed by atoms with E-state index < -0.39 is 5.82 Å². The highest BCUT2D eigenvalue weighted by Gasteiger charge is 2.09. The second-order valence-electron chi connectivity index (χ2n) is 4.26. The van der Waals surface area contributed by atoms with E-state index in [2.05, 4.69) is 10.3 Å². The molecule has 0 saturated heterocycles. The number of allylic oxidation sites excluding steroid dienone is 3. The van der Waals surface area contributed by atoms with Crippen LogP contribution in [0, 0.1) is 5.82 Å². The van der Waals surface area contributed by atoms with Crippen LogP contribution in [0.1, 0.15) is 6.92 Å². The molecule has 0 aliphatic carbocycles. The maximum atomic E-state index is 13.7. The van der Waals surface area contributed by atoms with Crippen molar-refractivity contribution in [2.45, 2.75) is 6.92 Å². The first-order chi connectivity index (χ1) is 10.6. The summed E-state index contributed by atoms with van der Waals surface area (Å²) in [4.78, 5) is 15.9. The van der Waals surface area contributed by atoms with Crippen molar-refractivity contribution >= 4 is 22.4 Å². The van der Waals surface area contributed by atoms with Crippen LogP contribution < -0.4 is 10.1 Å². The lowest BCUT2D eigenvalue weighted by Crippen LogP contribution is -2.07. The van der Waals surface area contributed by atoms with Crippen LogP contribution in [0.5, 0.6) is 5.75 Å². The predicted octanol–water partition coefficient (Wildman–Crippen LogP) is 4.03. The molecule has 6 heteroatoms. The lowest BCUT2D eigenvalue weighted by atomic mass is 10.1. The van der Waals surface area contributed by atoms with E-state index >= 15 is 0 Å². The first-order valence-corrected chi connectivity index (χ1v) is 7.41. The van der Waals surface area contributed by atoms with Crippen LogP contribution in [0.3, 0.4) is 0 Å².